The Hall–Kier alpha value is 0.730. The Bertz CT molecular complexity index is 107. The number of hydrogen-bond acceptors (Lipinski definition) is 1. The van der Waals surface area contributed by atoms with Gasteiger partial charge in [0.05, 0.1) is 0 Å². The summed E-state index contributed by atoms with van der Waals surface area (Å²) in [5.74, 6) is 0.870. The minimum absolute atomic E-state index is 0.435. The van der Waals surface area contributed by atoms with Gasteiger partial charge in [0.15, 0.2) is 8.10 Å². The molecule has 0 saturated heterocycles. The SMILES string of the molecule is N[PH](=O)N(CCCl)CCCl. The lowest BCUT2D eigenvalue weighted by Gasteiger charge is -2.15. The van der Waals surface area contributed by atoms with Gasteiger partial charge >= 0.3 is 0 Å². The summed E-state index contributed by atoms with van der Waals surface area (Å²) in [5.41, 5.74) is 5.16. The van der Waals surface area contributed by atoms with E-state index in [9.17, 15) is 4.57 Å². The van der Waals surface area contributed by atoms with Crippen molar-refractivity contribution >= 4 is 31.3 Å². The van der Waals surface area contributed by atoms with Crippen LogP contribution in [0.1, 0.15) is 0 Å². The molecule has 0 aliphatic rings. The summed E-state index contributed by atoms with van der Waals surface area (Å²) in [6.45, 7) is 1.09. The second-order valence-electron chi connectivity index (χ2n) is 1.70. The first-order valence-electron chi connectivity index (χ1n) is 2.88. The van der Waals surface area contributed by atoms with E-state index < -0.39 is 8.10 Å². The molecule has 0 fully saturated rings. The van der Waals surface area contributed by atoms with Gasteiger partial charge in [0.25, 0.3) is 0 Å². The second kappa shape index (κ2) is 6.44. The van der Waals surface area contributed by atoms with E-state index in [1.54, 1.807) is 4.67 Å². The number of rotatable bonds is 5. The summed E-state index contributed by atoms with van der Waals surface area (Å²) in [4.78, 5) is 0. The fourth-order valence-corrected chi connectivity index (χ4v) is 1.89. The molecule has 0 saturated carbocycles. The smallest absolute Gasteiger partial charge is 0.199 e. The van der Waals surface area contributed by atoms with Crippen molar-refractivity contribution in [3.05, 3.63) is 0 Å². The van der Waals surface area contributed by atoms with E-state index in [0.29, 0.717) is 24.8 Å². The van der Waals surface area contributed by atoms with Crippen LogP contribution in [0.4, 0.5) is 0 Å². The highest BCUT2D eigenvalue weighted by Crippen LogP contribution is 2.15. The Morgan fingerprint density at radius 3 is 1.90 bits per heavy atom. The fourth-order valence-electron chi connectivity index (χ4n) is 0.536. The molecule has 1 atom stereocenters. The first-order valence-corrected chi connectivity index (χ1v) is 5.39. The third kappa shape index (κ3) is 4.53. The normalized spacial score (nSPS) is 14.0. The predicted molar refractivity (Wildman–Crippen MR) is 46.2 cm³/mol. The van der Waals surface area contributed by atoms with Gasteiger partial charge in [-0.15, -0.1) is 23.2 Å². The van der Waals surface area contributed by atoms with Gasteiger partial charge in [-0.3, -0.25) is 10.1 Å². The zero-order valence-corrected chi connectivity index (χ0v) is 8.03. The fraction of sp³-hybridized carbons (Fsp3) is 1.00. The molecule has 0 spiro atoms. The van der Waals surface area contributed by atoms with Crippen LogP contribution < -0.4 is 5.50 Å². The zero-order valence-electron chi connectivity index (χ0n) is 5.52. The number of nitrogens with zero attached hydrogens (tertiary/aromatic N) is 1. The molecule has 6 heteroatoms. The van der Waals surface area contributed by atoms with Crippen molar-refractivity contribution in [1.82, 2.24) is 4.67 Å². The van der Waals surface area contributed by atoms with Crippen molar-refractivity contribution in [1.29, 1.82) is 0 Å². The summed E-state index contributed by atoms with van der Waals surface area (Å²) in [5, 5.41) is 0. The average molecular weight is 205 g/mol. The van der Waals surface area contributed by atoms with E-state index in [2.05, 4.69) is 0 Å². The molecule has 0 aliphatic carbocycles. The molecule has 0 aromatic rings. The van der Waals surface area contributed by atoms with Crippen molar-refractivity contribution in [2.45, 2.75) is 0 Å². The lowest BCUT2D eigenvalue weighted by atomic mass is 10.7. The van der Waals surface area contributed by atoms with Gasteiger partial charge in [-0.1, -0.05) is 0 Å². The van der Waals surface area contributed by atoms with Crippen LogP contribution in [0.2, 0.25) is 0 Å². The summed E-state index contributed by atoms with van der Waals surface area (Å²) < 4.78 is 12.3. The molecular weight excluding hydrogens is 194 g/mol. The third-order valence-corrected chi connectivity index (χ3v) is 2.43. The highest BCUT2D eigenvalue weighted by atomic mass is 35.5. The molecule has 0 bridgehead atoms. The van der Waals surface area contributed by atoms with Crippen LogP contribution in [0.25, 0.3) is 0 Å². The van der Waals surface area contributed by atoms with Gasteiger partial charge in [0.2, 0.25) is 0 Å². The third-order valence-electron chi connectivity index (χ3n) is 1.02. The molecule has 3 nitrogen and oxygen atoms in total. The van der Waals surface area contributed by atoms with Crippen LogP contribution in [-0.2, 0) is 4.57 Å². The van der Waals surface area contributed by atoms with Crippen molar-refractivity contribution < 1.29 is 4.57 Å². The lowest BCUT2D eigenvalue weighted by Crippen LogP contribution is -2.22. The van der Waals surface area contributed by atoms with E-state index in [0.717, 1.165) is 0 Å². The maximum Gasteiger partial charge on any atom is 0.199 e. The standard InChI is InChI=1S/C4H11Cl2N2OP/c5-1-3-8(4-2-6)10(7)9/h10H,1-4H2,(H2,7,9). The van der Waals surface area contributed by atoms with Gasteiger partial charge in [-0.05, 0) is 0 Å². The van der Waals surface area contributed by atoms with Crippen LogP contribution in [0, 0.1) is 0 Å². The van der Waals surface area contributed by atoms with Gasteiger partial charge in [-0.25, -0.2) is 4.67 Å². The summed E-state index contributed by atoms with van der Waals surface area (Å²) >= 11 is 10.8. The highest BCUT2D eigenvalue weighted by molar-refractivity contribution is 7.39. The van der Waals surface area contributed by atoms with Crippen LogP contribution >= 0.6 is 31.3 Å². The van der Waals surface area contributed by atoms with Crippen LogP contribution in [-0.4, -0.2) is 29.5 Å². The molecule has 0 heterocycles. The van der Waals surface area contributed by atoms with Gasteiger partial charge < -0.3 is 0 Å². The summed E-state index contributed by atoms with van der Waals surface area (Å²) in [6.07, 6.45) is 0. The number of alkyl halides is 2. The molecule has 0 radical (unpaired) electrons. The van der Waals surface area contributed by atoms with E-state index in [1.165, 1.54) is 0 Å². The molecule has 0 aromatic heterocycles. The molecule has 2 N–H and O–H groups in total. The van der Waals surface area contributed by atoms with E-state index in [1.807, 2.05) is 0 Å². The Morgan fingerprint density at radius 2 is 1.70 bits per heavy atom. The van der Waals surface area contributed by atoms with Crippen molar-refractivity contribution in [3.63, 3.8) is 0 Å². The van der Waals surface area contributed by atoms with E-state index >= 15 is 0 Å². The minimum Gasteiger partial charge on any atom is -0.293 e. The van der Waals surface area contributed by atoms with Crippen molar-refractivity contribution in [2.24, 2.45) is 5.50 Å². The number of nitrogens with two attached hydrogens (primary N) is 1. The first kappa shape index (κ1) is 10.7. The van der Waals surface area contributed by atoms with Gasteiger partial charge in [-0.2, -0.15) is 0 Å². The van der Waals surface area contributed by atoms with Crippen LogP contribution in [0.15, 0.2) is 0 Å². The molecule has 10 heavy (non-hydrogen) atoms. The minimum atomic E-state index is -2.08. The van der Waals surface area contributed by atoms with E-state index in [4.69, 9.17) is 28.7 Å². The zero-order chi connectivity index (χ0) is 7.98. The second-order valence-corrected chi connectivity index (χ2v) is 3.77. The quantitative estimate of drug-likeness (QED) is 0.540. The predicted octanol–water partition coefficient (Wildman–Crippen LogP) is 1.11. The van der Waals surface area contributed by atoms with Crippen LogP contribution in [0.3, 0.4) is 0 Å². The largest absolute Gasteiger partial charge is 0.293 e. The molecule has 0 rings (SSSR count). The molecule has 1 unspecified atom stereocenters. The summed E-state index contributed by atoms with van der Waals surface area (Å²) in [7, 11) is -2.08. The molecular formula is C4H11Cl2N2OP. The Kier molecular flexibility index (Phi) is 6.91. The van der Waals surface area contributed by atoms with Gasteiger partial charge in [0, 0.05) is 24.8 Å². The summed E-state index contributed by atoms with van der Waals surface area (Å²) in [6, 6.07) is 0. The van der Waals surface area contributed by atoms with Crippen LogP contribution in [0.5, 0.6) is 0 Å². The molecule has 62 valence electrons. The van der Waals surface area contributed by atoms with Crippen molar-refractivity contribution in [3.8, 4) is 0 Å². The van der Waals surface area contributed by atoms with E-state index in [-0.39, 0.29) is 0 Å². The highest BCUT2D eigenvalue weighted by Gasteiger charge is 2.05. The number of hydrogen-bond donors (Lipinski definition) is 1. The Morgan fingerprint density at radius 1 is 1.30 bits per heavy atom. The maximum atomic E-state index is 10.7. The van der Waals surface area contributed by atoms with Crippen molar-refractivity contribution in [2.75, 3.05) is 24.8 Å². The Labute approximate surface area is 71.4 Å². The Balaban J connectivity index is 3.61. The van der Waals surface area contributed by atoms with Gasteiger partial charge in [0.1, 0.15) is 0 Å². The lowest BCUT2D eigenvalue weighted by molar-refractivity contribution is 0.464. The first-order chi connectivity index (χ1) is 4.72. The molecule has 0 amide bonds. The molecule has 0 aliphatic heterocycles. The molecule has 0 aromatic carbocycles. The number of halogens is 2. The topological polar surface area (TPSA) is 46.3 Å². The average Bonchev–Trinajstić information content (AvgIpc) is 1.87. The maximum absolute atomic E-state index is 10.7. The monoisotopic (exact) mass is 204 g/mol.